The van der Waals surface area contributed by atoms with Crippen LogP contribution < -0.4 is 0 Å². The second-order valence-corrected chi connectivity index (χ2v) is 8.45. The van der Waals surface area contributed by atoms with Gasteiger partial charge in [0.15, 0.2) is 0 Å². The van der Waals surface area contributed by atoms with E-state index in [2.05, 4.69) is 13.0 Å². The van der Waals surface area contributed by atoms with Crippen LogP contribution in [0.5, 0.6) is 0 Å². The topological polar surface area (TPSA) is 0 Å². The zero-order chi connectivity index (χ0) is 16.2. The zero-order valence-corrected chi connectivity index (χ0v) is 14.8. The number of rotatable bonds is 4. The molecule has 132 valence electrons. The Kier molecular flexibility index (Phi) is 6.15. The summed E-state index contributed by atoms with van der Waals surface area (Å²) in [6.07, 6.45) is 15.0. The Balaban J connectivity index is 1.46. The molecular weight excluding hydrogens is 290 g/mol. The molecule has 0 amide bonds. The fraction of sp³-hybridized carbons (Fsp3) is 0.905. The van der Waals surface area contributed by atoms with Crippen LogP contribution >= 0.6 is 0 Å². The second-order valence-electron chi connectivity index (χ2n) is 8.45. The minimum atomic E-state index is -2.10. The van der Waals surface area contributed by atoms with Crippen molar-refractivity contribution in [1.82, 2.24) is 0 Å². The van der Waals surface area contributed by atoms with Gasteiger partial charge >= 0.3 is 0 Å². The van der Waals surface area contributed by atoms with Crippen LogP contribution in [-0.2, 0) is 0 Å². The van der Waals surface area contributed by atoms with Crippen molar-refractivity contribution in [2.75, 3.05) is 0 Å². The van der Waals surface area contributed by atoms with Crippen molar-refractivity contribution in [3.05, 3.63) is 11.6 Å². The average molecular weight is 324 g/mol. The van der Waals surface area contributed by atoms with Gasteiger partial charge in [-0.3, -0.25) is 0 Å². The Bertz CT molecular complexity index is 385. The van der Waals surface area contributed by atoms with Gasteiger partial charge in [-0.05, 0) is 81.5 Å². The van der Waals surface area contributed by atoms with Crippen LogP contribution in [-0.4, -0.2) is 6.43 Å². The van der Waals surface area contributed by atoms with E-state index in [0.29, 0.717) is 5.92 Å². The molecule has 2 heteroatoms. The maximum atomic E-state index is 12.8. The molecule has 0 saturated heterocycles. The van der Waals surface area contributed by atoms with E-state index in [-0.39, 0.29) is 5.92 Å². The van der Waals surface area contributed by atoms with E-state index in [1.165, 1.54) is 51.4 Å². The van der Waals surface area contributed by atoms with Gasteiger partial charge in [-0.1, -0.05) is 37.8 Å². The summed E-state index contributed by atoms with van der Waals surface area (Å²) in [6, 6.07) is 0. The lowest BCUT2D eigenvalue weighted by atomic mass is 9.69. The molecule has 0 aromatic rings. The Morgan fingerprint density at radius 2 is 1.61 bits per heavy atom. The monoisotopic (exact) mass is 324 g/mol. The Hall–Kier alpha value is -0.400. The molecule has 0 aromatic carbocycles. The molecule has 0 N–H and O–H groups in total. The summed E-state index contributed by atoms with van der Waals surface area (Å²) in [4.78, 5) is 0. The lowest BCUT2D eigenvalue weighted by molar-refractivity contribution is 0.0491. The molecular formula is C21H34F2. The SMILES string of the molecule is CCC1CCC([C@H]2CC=C(C3CCC(C(F)F)CC3)CC2)CC1. The number of hydrogen-bond acceptors (Lipinski definition) is 0. The molecule has 0 bridgehead atoms. The predicted octanol–water partition coefficient (Wildman–Crippen LogP) is 7.00. The lowest BCUT2D eigenvalue weighted by Crippen LogP contribution is -2.25. The maximum Gasteiger partial charge on any atom is 0.241 e. The van der Waals surface area contributed by atoms with Crippen molar-refractivity contribution in [3.8, 4) is 0 Å². The largest absolute Gasteiger partial charge is 0.241 e. The number of hydrogen-bond donors (Lipinski definition) is 0. The molecule has 2 fully saturated rings. The highest BCUT2D eigenvalue weighted by molar-refractivity contribution is 5.12. The number of allylic oxidation sites excluding steroid dienone is 2. The lowest BCUT2D eigenvalue weighted by Gasteiger charge is -2.37. The van der Waals surface area contributed by atoms with Gasteiger partial charge < -0.3 is 0 Å². The van der Waals surface area contributed by atoms with Gasteiger partial charge in [0.2, 0.25) is 6.43 Å². The van der Waals surface area contributed by atoms with E-state index in [0.717, 1.165) is 43.4 Å². The summed E-state index contributed by atoms with van der Waals surface area (Å²) >= 11 is 0. The van der Waals surface area contributed by atoms with E-state index in [9.17, 15) is 8.78 Å². The van der Waals surface area contributed by atoms with Crippen LogP contribution in [0.1, 0.15) is 84.0 Å². The highest BCUT2D eigenvalue weighted by atomic mass is 19.3. The van der Waals surface area contributed by atoms with E-state index in [1.54, 1.807) is 5.57 Å². The van der Waals surface area contributed by atoms with Crippen molar-refractivity contribution < 1.29 is 8.78 Å². The van der Waals surface area contributed by atoms with E-state index in [4.69, 9.17) is 0 Å². The normalized spacial score (nSPS) is 39.3. The Labute approximate surface area is 141 Å². The molecule has 0 unspecified atom stereocenters. The molecule has 0 aromatic heterocycles. The standard InChI is InChI=1S/C21H34F2/c1-2-15-3-5-16(6-4-15)17-7-9-18(10-8-17)19-11-13-20(14-12-19)21(22)23/h9,15-17,19-21H,2-8,10-14H2,1H3/t15?,16?,17-,19?,20?/m0/s1. The Morgan fingerprint density at radius 3 is 2.13 bits per heavy atom. The molecule has 0 nitrogen and oxygen atoms in total. The third kappa shape index (κ3) is 4.37. The quantitative estimate of drug-likeness (QED) is 0.488. The molecule has 1 atom stereocenters. The smallest absolute Gasteiger partial charge is 0.210 e. The van der Waals surface area contributed by atoms with Crippen LogP contribution in [0, 0.1) is 29.6 Å². The van der Waals surface area contributed by atoms with Crippen molar-refractivity contribution in [2.24, 2.45) is 29.6 Å². The first-order valence-electron chi connectivity index (χ1n) is 10.1. The molecule has 3 aliphatic rings. The predicted molar refractivity (Wildman–Crippen MR) is 92.6 cm³/mol. The van der Waals surface area contributed by atoms with E-state index >= 15 is 0 Å². The van der Waals surface area contributed by atoms with Gasteiger partial charge in [0.25, 0.3) is 0 Å². The van der Waals surface area contributed by atoms with Gasteiger partial charge in [-0.15, -0.1) is 0 Å². The fourth-order valence-electron chi connectivity index (χ4n) is 5.48. The Morgan fingerprint density at radius 1 is 0.913 bits per heavy atom. The van der Waals surface area contributed by atoms with Crippen molar-refractivity contribution in [3.63, 3.8) is 0 Å². The molecule has 3 aliphatic carbocycles. The average Bonchev–Trinajstić information content (AvgIpc) is 2.62. The van der Waals surface area contributed by atoms with Crippen LogP contribution in [0.15, 0.2) is 11.6 Å². The van der Waals surface area contributed by atoms with Crippen LogP contribution in [0.3, 0.4) is 0 Å². The van der Waals surface area contributed by atoms with Crippen LogP contribution in [0.25, 0.3) is 0 Å². The van der Waals surface area contributed by atoms with Crippen LogP contribution in [0.4, 0.5) is 8.78 Å². The van der Waals surface area contributed by atoms with Crippen LogP contribution in [0.2, 0.25) is 0 Å². The van der Waals surface area contributed by atoms with Gasteiger partial charge in [0.1, 0.15) is 0 Å². The molecule has 0 aliphatic heterocycles. The molecule has 2 saturated carbocycles. The first-order valence-corrected chi connectivity index (χ1v) is 10.1. The summed E-state index contributed by atoms with van der Waals surface area (Å²) in [6.45, 7) is 2.34. The first kappa shape index (κ1) is 17.4. The summed E-state index contributed by atoms with van der Waals surface area (Å²) in [5.74, 6) is 3.17. The van der Waals surface area contributed by atoms with Crippen molar-refractivity contribution in [1.29, 1.82) is 0 Å². The molecule has 0 heterocycles. The molecule has 0 radical (unpaired) electrons. The minimum Gasteiger partial charge on any atom is -0.210 e. The zero-order valence-electron chi connectivity index (χ0n) is 14.8. The van der Waals surface area contributed by atoms with Crippen molar-refractivity contribution >= 4 is 0 Å². The van der Waals surface area contributed by atoms with Crippen molar-refractivity contribution in [2.45, 2.75) is 90.4 Å². The molecule has 23 heavy (non-hydrogen) atoms. The minimum absolute atomic E-state index is 0.322. The summed E-state index contributed by atoms with van der Waals surface area (Å²) < 4.78 is 25.6. The van der Waals surface area contributed by atoms with Gasteiger partial charge in [0, 0.05) is 5.92 Å². The number of halogens is 2. The molecule has 3 rings (SSSR count). The summed E-state index contributed by atoms with van der Waals surface area (Å²) in [7, 11) is 0. The fourth-order valence-corrected chi connectivity index (χ4v) is 5.48. The third-order valence-corrected chi connectivity index (χ3v) is 7.27. The van der Waals surface area contributed by atoms with Gasteiger partial charge in [0.05, 0.1) is 0 Å². The number of alkyl halides is 2. The highest BCUT2D eigenvalue weighted by Crippen LogP contribution is 2.44. The van der Waals surface area contributed by atoms with Gasteiger partial charge in [-0.2, -0.15) is 0 Å². The third-order valence-electron chi connectivity index (χ3n) is 7.27. The highest BCUT2D eigenvalue weighted by Gasteiger charge is 2.32. The van der Waals surface area contributed by atoms with E-state index in [1.807, 2.05) is 0 Å². The second kappa shape index (κ2) is 8.12. The van der Waals surface area contributed by atoms with E-state index < -0.39 is 6.43 Å². The summed E-state index contributed by atoms with van der Waals surface area (Å²) in [5, 5.41) is 0. The van der Waals surface area contributed by atoms with Gasteiger partial charge in [-0.25, -0.2) is 8.78 Å². The summed E-state index contributed by atoms with van der Waals surface area (Å²) in [5.41, 5.74) is 1.62. The molecule has 0 spiro atoms. The first-order chi connectivity index (χ1) is 11.2. The maximum absolute atomic E-state index is 12.8.